The predicted molar refractivity (Wildman–Crippen MR) is 211 cm³/mol. The van der Waals surface area contributed by atoms with Crippen LogP contribution in [-0.4, -0.2) is 38.4 Å². The summed E-state index contributed by atoms with van der Waals surface area (Å²) in [6.45, 7) is -0.802. The van der Waals surface area contributed by atoms with Gasteiger partial charge in [-0.15, -0.1) is 0 Å². The molecule has 0 aliphatic rings. The van der Waals surface area contributed by atoms with E-state index in [1.807, 2.05) is 18.2 Å². The van der Waals surface area contributed by atoms with Gasteiger partial charge in [0.05, 0.1) is 9.92 Å². The number of amides is 1. The molecule has 288 valence electrons. The van der Waals surface area contributed by atoms with Crippen LogP contribution in [0.5, 0.6) is 28.7 Å². The van der Waals surface area contributed by atoms with E-state index in [-0.39, 0.29) is 34.3 Å². The highest BCUT2D eigenvalue weighted by Crippen LogP contribution is 2.40. The number of hydrogen-bond acceptors (Lipinski definition) is 8. The molecular formula is C41H33Cl2FN2O8S2. The molecule has 1 amide bonds. The van der Waals surface area contributed by atoms with Gasteiger partial charge >= 0.3 is 0 Å². The molecule has 2 N–H and O–H groups in total. The molecule has 0 atom stereocenters. The molecular weight excluding hydrogens is 802 g/mol. The Kier molecular flexibility index (Phi) is 12.3. The topological polar surface area (TPSA) is 139 Å². The van der Waals surface area contributed by atoms with E-state index in [4.69, 9.17) is 32.7 Å². The lowest BCUT2D eigenvalue weighted by Crippen LogP contribution is -2.30. The van der Waals surface area contributed by atoms with Crippen molar-refractivity contribution in [1.29, 1.82) is 0 Å². The van der Waals surface area contributed by atoms with E-state index >= 15 is 0 Å². The van der Waals surface area contributed by atoms with Gasteiger partial charge in [0, 0.05) is 37.0 Å². The molecule has 0 unspecified atom stereocenters. The molecule has 0 saturated carbocycles. The summed E-state index contributed by atoms with van der Waals surface area (Å²) in [5.74, 6) is 0.0708. The highest BCUT2D eigenvalue weighted by molar-refractivity contribution is 7.91. The van der Waals surface area contributed by atoms with Crippen molar-refractivity contribution in [2.24, 2.45) is 0 Å². The highest BCUT2D eigenvalue weighted by Gasteiger charge is 2.29. The molecule has 6 rings (SSSR count). The molecule has 6 aromatic rings. The zero-order chi connectivity index (χ0) is 40.0. The number of aromatic hydroxyl groups is 1. The average molecular weight is 836 g/mol. The largest absolute Gasteiger partial charge is 0.506 e. The minimum atomic E-state index is -4.30. The lowest BCUT2D eigenvalue weighted by Gasteiger charge is -2.24. The minimum absolute atomic E-state index is 0.0133. The van der Waals surface area contributed by atoms with Crippen molar-refractivity contribution in [2.45, 2.75) is 29.4 Å². The molecule has 0 aromatic heterocycles. The van der Waals surface area contributed by atoms with Gasteiger partial charge in [0.2, 0.25) is 10.0 Å². The van der Waals surface area contributed by atoms with Crippen LogP contribution in [-0.2, 0) is 39.5 Å². The third-order valence-electron chi connectivity index (χ3n) is 8.29. The number of sulfone groups is 1. The lowest BCUT2D eigenvalue weighted by molar-refractivity contribution is 0.0950. The van der Waals surface area contributed by atoms with E-state index in [1.165, 1.54) is 36.4 Å². The Morgan fingerprint density at radius 3 is 2.00 bits per heavy atom. The molecule has 0 spiro atoms. The first-order valence-corrected chi connectivity index (χ1v) is 20.9. The van der Waals surface area contributed by atoms with Crippen molar-refractivity contribution in [3.63, 3.8) is 0 Å². The molecule has 15 heteroatoms. The monoisotopic (exact) mass is 834 g/mol. The molecule has 0 radical (unpaired) electrons. The average Bonchev–Trinajstić information content (AvgIpc) is 3.17. The van der Waals surface area contributed by atoms with E-state index in [0.717, 1.165) is 16.6 Å². The summed E-state index contributed by atoms with van der Waals surface area (Å²) in [4.78, 5) is 12.8. The standard InChI is InChI=1S/C41H33Cl2FN2O8S2/c1-55(49,50)40-37(42)23-30(39(47)38(40)43)26-46(56(51,52)36-13-6-3-7-14-36)25-28-19-27(20-35(21-28)54-33-17-15-31(44)16-18-33)24-45-41(48)29-9-8-12-34(22-29)53-32-10-4-2-5-11-32/h2-23,47H,24-26H2,1H3,(H,45,48). The Labute approximate surface area is 333 Å². The zero-order valence-corrected chi connectivity index (χ0v) is 32.7. The van der Waals surface area contributed by atoms with E-state index in [1.54, 1.807) is 72.8 Å². The number of benzene rings is 6. The van der Waals surface area contributed by atoms with Gasteiger partial charge in [-0.3, -0.25) is 4.79 Å². The zero-order valence-electron chi connectivity index (χ0n) is 29.5. The highest BCUT2D eigenvalue weighted by atomic mass is 35.5. The number of phenolic OH excluding ortho intramolecular Hbond substituents is 1. The van der Waals surface area contributed by atoms with Crippen LogP contribution < -0.4 is 14.8 Å². The summed E-state index contributed by atoms with van der Waals surface area (Å²) in [7, 11) is -8.26. The molecule has 0 aliphatic carbocycles. The molecule has 56 heavy (non-hydrogen) atoms. The summed E-state index contributed by atoms with van der Waals surface area (Å²) in [5, 5.41) is 13.1. The number of sulfonamides is 1. The number of carbonyl (C=O) groups excluding carboxylic acids is 1. The SMILES string of the molecule is CS(=O)(=O)c1c(Cl)cc(CN(Cc2cc(CNC(=O)c3cccc(Oc4ccccc4)c3)cc(Oc3ccc(F)cc3)c2)S(=O)(=O)c2ccccc2)c(O)c1Cl. The number of hydrogen-bond donors (Lipinski definition) is 2. The molecule has 6 aromatic carbocycles. The molecule has 0 fully saturated rings. The van der Waals surface area contributed by atoms with Crippen LogP contribution >= 0.6 is 23.2 Å². The molecule has 0 bridgehead atoms. The maximum atomic E-state index is 14.2. The molecule has 0 saturated heterocycles. The van der Waals surface area contributed by atoms with Gasteiger partial charge < -0.3 is 19.9 Å². The number of halogens is 3. The van der Waals surface area contributed by atoms with E-state index in [9.17, 15) is 31.1 Å². The number of nitrogens with one attached hydrogen (secondary N) is 1. The second kappa shape index (κ2) is 17.1. The van der Waals surface area contributed by atoms with Gasteiger partial charge in [0.15, 0.2) is 9.84 Å². The third-order valence-corrected chi connectivity index (χ3v) is 12.2. The summed E-state index contributed by atoms with van der Waals surface area (Å²) in [5.41, 5.74) is 1.19. The molecule has 0 heterocycles. The smallest absolute Gasteiger partial charge is 0.251 e. The van der Waals surface area contributed by atoms with Crippen molar-refractivity contribution < 1.29 is 40.6 Å². The molecule has 0 aliphatic heterocycles. The first-order valence-electron chi connectivity index (χ1n) is 16.8. The Morgan fingerprint density at radius 2 is 1.32 bits per heavy atom. The van der Waals surface area contributed by atoms with Crippen LogP contribution in [0.2, 0.25) is 10.0 Å². The third kappa shape index (κ3) is 9.86. The second-order valence-electron chi connectivity index (χ2n) is 12.5. The van der Waals surface area contributed by atoms with Gasteiger partial charge in [0.25, 0.3) is 5.91 Å². The van der Waals surface area contributed by atoms with Crippen molar-refractivity contribution in [3.8, 4) is 28.7 Å². The van der Waals surface area contributed by atoms with Crippen molar-refractivity contribution in [2.75, 3.05) is 6.26 Å². The Morgan fingerprint density at radius 1 is 0.714 bits per heavy atom. The van der Waals surface area contributed by atoms with Crippen LogP contribution in [0.15, 0.2) is 143 Å². The maximum absolute atomic E-state index is 14.2. The van der Waals surface area contributed by atoms with Gasteiger partial charge in [-0.1, -0.05) is 71.7 Å². The van der Waals surface area contributed by atoms with E-state index in [2.05, 4.69) is 5.32 Å². The van der Waals surface area contributed by atoms with Crippen LogP contribution in [0.3, 0.4) is 0 Å². The normalized spacial score (nSPS) is 11.7. The Balaban J connectivity index is 1.34. The van der Waals surface area contributed by atoms with Crippen molar-refractivity contribution >= 4 is 49.0 Å². The van der Waals surface area contributed by atoms with E-state index < -0.39 is 53.8 Å². The Hall–Kier alpha value is -5.44. The van der Waals surface area contributed by atoms with Gasteiger partial charge in [-0.2, -0.15) is 4.31 Å². The number of rotatable bonds is 14. The minimum Gasteiger partial charge on any atom is -0.506 e. The predicted octanol–water partition coefficient (Wildman–Crippen LogP) is 9.15. The summed E-state index contributed by atoms with van der Waals surface area (Å²) >= 11 is 12.6. The van der Waals surface area contributed by atoms with Gasteiger partial charge in [-0.25, -0.2) is 21.2 Å². The maximum Gasteiger partial charge on any atom is 0.251 e. The van der Waals surface area contributed by atoms with Crippen LogP contribution in [0.4, 0.5) is 4.39 Å². The van der Waals surface area contributed by atoms with Gasteiger partial charge in [0.1, 0.15) is 44.5 Å². The van der Waals surface area contributed by atoms with Crippen molar-refractivity contribution in [1.82, 2.24) is 9.62 Å². The fourth-order valence-corrected chi connectivity index (χ4v) is 9.29. The van der Waals surface area contributed by atoms with Crippen LogP contribution in [0.1, 0.15) is 27.0 Å². The number of carbonyl (C=O) groups is 1. The van der Waals surface area contributed by atoms with Gasteiger partial charge in [-0.05, 0) is 96.1 Å². The fraction of sp³-hybridized carbons (Fsp3) is 0.0976. The number of phenols is 1. The van der Waals surface area contributed by atoms with E-state index in [0.29, 0.717) is 33.9 Å². The first-order chi connectivity index (χ1) is 26.7. The quantitative estimate of drug-likeness (QED) is 0.111. The van der Waals surface area contributed by atoms with Crippen molar-refractivity contribution in [3.05, 3.63) is 172 Å². The lowest BCUT2D eigenvalue weighted by atomic mass is 10.1. The second-order valence-corrected chi connectivity index (χ2v) is 17.2. The summed E-state index contributed by atoms with van der Waals surface area (Å²) in [6, 6.07) is 34.7. The number of nitrogens with zero attached hydrogens (tertiary/aromatic N) is 1. The first kappa shape index (κ1) is 40.2. The number of ether oxygens (including phenoxy) is 2. The summed E-state index contributed by atoms with van der Waals surface area (Å²) < 4.78 is 79.8. The Bertz CT molecular complexity index is 2600. The van der Waals surface area contributed by atoms with Crippen LogP contribution in [0, 0.1) is 5.82 Å². The number of para-hydroxylation sites is 1. The molecule has 10 nitrogen and oxygen atoms in total. The van der Waals surface area contributed by atoms with Crippen LogP contribution in [0.25, 0.3) is 0 Å². The fourth-order valence-electron chi connectivity index (χ4n) is 5.69. The summed E-state index contributed by atoms with van der Waals surface area (Å²) in [6.07, 6.45) is 0.879.